The first kappa shape index (κ1) is 14.8. The monoisotopic (exact) mass is 275 g/mol. The van der Waals surface area contributed by atoms with Crippen molar-refractivity contribution in [1.29, 1.82) is 0 Å². The third-order valence-electron chi connectivity index (χ3n) is 2.57. The maximum Gasteiger partial charge on any atom is 0.338 e. The quantitative estimate of drug-likeness (QED) is 0.866. The predicted octanol–water partition coefficient (Wildman–Crippen LogP) is 3.22. The zero-order valence-electron chi connectivity index (χ0n) is 10.4. The van der Waals surface area contributed by atoms with Crippen LogP contribution >= 0.6 is 11.8 Å². The molecular weight excluding hydrogens is 260 g/mol. The summed E-state index contributed by atoms with van der Waals surface area (Å²) in [4.78, 5) is 10.6. The van der Waals surface area contributed by atoms with Crippen molar-refractivity contribution >= 4 is 23.4 Å². The Bertz CT molecular complexity index is 464. The van der Waals surface area contributed by atoms with Gasteiger partial charge in [-0.3, -0.25) is 0 Å². The fraction of sp³-hybridized carbons (Fsp3) is 0.417. The number of carboxylic acid groups (broad SMARTS) is 1. The van der Waals surface area contributed by atoms with E-state index >= 15 is 0 Å². The van der Waals surface area contributed by atoms with E-state index in [2.05, 4.69) is 5.32 Å². The highest BCUT2D eigenvalue weighted by atomic mass is 32.2. The highest BCUT2D eigenvalue weighted by Crippen LogP contribution is 2.25. The summed E-state index contributed by atoms with van der Waals surface area (Å²) in [5.74, 6) is -3.98. The van der Waals surface area contributed by atoms with Crippen LogP contribution in [0.4, 0.5) is 14.5 Å². The average Bonchev–Trinajstić information content (AvgIpc) is 2.30. The van der Waals surface area contributed by atoms with Crippen LogP contribution in [0.3, 0.4) is 0 Å². The van der Waals surface area contributed by atoms with Crippen LogP contribution in [0.25, 0.3) is 0 Å². The lowest BCUT2D eigenvalue weighted by atomic mass is 10.1. The van der Waals surface area contributed by atoms with E-state index in [0.717, 1.165) is 6.07 Å². The highest BCUT2D eigenvalue weighted by Gasteiger charge is 2.20. The third-order valence-corrected chi connectivity index (χ3v) is 3.82. The van der Waals surface area contributed by atoms with Crippen molar-refractivity contribution in [2.24, 2.45) is 0 Å². The Hall–Kier alpha value is -1.30. The van der Waals surface area contributed by atoms with Crippen LogP contribution in [0, 0.1) is 11.6 Å². The van der Waals surface area contributed by atoms with Gasteiger partial charge in [0.05, 0.1) is 11.3 Å². The number of thioether (sulfide) groups is 1. The van der Waals surface area contributed by atoms with Crippen LogP contribution in [-0.2, 0) is 0 Å². The Morgan fingerprint density at radius 3 is 2.50 bits per heavy atom. The van der Waals surface area contributed by atoms with Gasteiger partial charge in [0.1, 0.15) is 0 Å². The van der Waals surface area contributed by atoms with Gasteiger partial charge in [-0.25, -0.2) is 13.6 Å². The number of aromatic carboxylic acids is 1. The summed E-state index contributed by atoms with van der Waals surface area (Å²) in [6.45, 7) is 4.37. The molecule has 0 atom stereocenters. The molecule has 2 N–H and O–H groups in total. The van der Waals surface area contributed by atoms with Gasteiger partial charge in [-0.15, -0.1) is 0 Å². The molecule has 0 aliphatic rings. The zero-order valence-corrected chi connectivity index (χ0v) is 11.2. The van der Waals surface area contributed by atoms with Crippen LogP contribution < -0.4 is 5.32 Å². The van der Waals surface area contributed by atoms with Gasteiger partial charge in [0.2, 0.25) is 0 Å². The van der Waals surface area contributed by atoms with E-state index in [1.807, 2.05) is 20.1 Å². The number of nitrogens with one attached hydrogen (secondary N) is 1. The number of anilines is 1. The number of carboxylic acids is 1. The summed E-state index contributed by atoms with van der Waals surface area (Å²) in [6.07, 6.45) is 1.92. The molecule has 0 aliphatic carbocycles. The van der Waals surface area contributed by atoms with Gasteiger partial charge >= 0.3 is 5.97 Å². The van der Waals surface area contributed by atoms with Gasteiger partial charge in [-0.1, -0.05) is 0 Å². The maximum atomic E-state index is 13.6. The second-order valence-corrected chi connectivity index (χ2v) is 5.92. The Morgan fingerprint density at radius 1 is 1.39 bits per heavy atom. The van der Waals surface area contributed by atoms with Gasteiger partial charge in [0.15, 0.2) is 11.6 Å². The van der Waals surface area contributed by atoms with E-state index < -0.39 is 23.2 Å². The summed E-state index contributed by atoms with van der Waals surface area (Å²) >= 11 is 1.59. The molecule has 1 rings (SSSR count). The van der Waals surface area contributed by atoms with Crippen molar-refractivity contribution in [1.82, 2.24) is 0 Å². The molecule has 0 fully saturated rings. The minimum atomic E-state index is -1.48. The number of hydrogen-bond acceptors (Lipinski definition) is 3. The molecule has 0 aliphatic heterocycles. The fourth-order valence-electron chi connectivity index (χ4n) is 1.23. The second-order valence-electron chi connectivity index (χ2n) is 4.41. The van der Waals surface area contributed by atoms with E-state index in [-0.39, 0.29) is 10.4 Å². The number of halogens is 2. The van der Waals surface area contributed by atoms with Gasteiger partial charge in [-0.2, -0.15) is 11.8 Å². The first-order valence-electron chi connectivity index (χ1n) is 5.29. The van der Waals surface area contributed by atoms with Crippen molar-refractivity contribution in [2.75, 3.05) is 18.1 Å². The van der Waals surface area contributed by atoms with E-state index in [9.17, 15) is 13.6 Å². The van der Waals surface area contributed by atoms with Gasteiger partial charge in [0.25, 0.3) is 0 Å². The van der Waals surface area contributed by atoms with Crippen molar-refractivity contribution in [3.63, 3.8) is 0 Å². The van der Waals surface area contributed by atoms with Crippen LogP contribution in [0.2, 0.25) is 0 Å². The van der Waals surface area contributed by atoms with Crippen LogP contribution in [0.5, 0.6) is 0 Å². The molecule has 1 aromatic carbocycles. The molecule has 0 saturated carbocycles. The lowest BCUT2D eigenvalue weighted by molar-refractivity contribution is 0.0690. The molecule has 100 valence electrons. The molecule has 0 radical (unpaired) electrons. The Morgan fingerprint density at radius 2 is 2.00 bits per heavy atom. The minimum Gasteiger partial charge on any atom is -0.478 e. The molecular formula is C12H15F2NO2S. The topological polar surface area (TPSA) is 49.3 Å². The first-order chi connectivity index (χ1) is 8.28. The van der Waals surface area contributed by atoms with E-state index in [1.54, 1.807) is 11.8 Å². The summed E-state index contributed by atoms with van der Waals surface area (Å²) in [7, 11) is 0. The van der Waals surface area contributed by atoms with Crippen molar-refractivity contribution in [3.8, 4) is 0 Å². The molecule has 0 bridgehead atoms. The predicted molar refractivity (Wildman–Crippen MR) is 69.4 cm³/mol. The van der Waals surface area contributed by atoms with Crippen molar-refractivity contribution < 1.29 is 18.7 Å². The Balaban J connectivity index is 2.93. The lowest BCUT2D eigenvalue weighted by Crippen LogP contribution is -2.26. The Labute approximate surface area is 109 Å². The molecule has 3 nitrogen and oxygen atoms in total. The normalized spacial score (nSPS) is 11.4. The standard InChI is InChI=1S/C12H15F2NO2S/c1-12(2,18-3)6-15-8-5-4-7(11(16)17)9(13)10(8)14/h4-5,15H,6H2,1-3H3,(H,16,17). The molecule has 1 aromatic rings. The molecule has 0 aromatic heterocycles. The van der Waals surface area contributed by atoms with Gasteiger partial charge in [-0.05, 0) is 32.2 Å². The second kappa shape index (κ2) is 5.56. The van der Waals surface area contributed by atoms with E-state index in [4.69, 9.17) is 5.11 Å². The average molecular weight is 275 g/mol. The zero-order chi connectivity index (χ0) is 13.9. The first-order valence-corrected chi connectivity index (χ1v) is 6.51. The summed E-state index contributed by atoms with van der Waals surface area (Å²) in [5, 5.41) is 11.4. The SMILES string of the molecule is CSC(C)(C)CNc1ccc(C(=O)O)c(F)c1F. The number of benzene rings is 1. The number of rotatable bonds is 5. The Kier molecular flexibility index (Phi) is 4.56. The van der Waals surface area contributed by atoms with E-state index in [0.29, 0.717) is 6.54 Å². The van der Waals surface area contributed by atoms with E-state index in [1.165, 1.54) is 6.07 Å². The molecule has 6 heteroatoms. The summed E-state index contributed by atoms with van der Waals surface area (Å²) < 4.78 is 26.9. The number of hydrogen-bond donors (Lipinski definition) is 2. The van der Waals surface area contributed by atoms with Gasteiger partial charge in [0, 0.05) is 11.3 Å². The molecule has 0 spiro atoms. The number of carbonyl (C=O) groups is 1. The van der Waals surface area contributed by atoms with Crippen LogP contribution in [0.15, 0.2) is 12.1 Å². The van der Waals surface area contributed by atoms with Gasteiger partial charge < -0.3 is 10.4 Å². The van der Waals surface area contributed by atoms with Crippen LogP contribution in [0.1, 0.15) is 24.2 Å². The largest absolute Gasteiger partial charge is 0.478 e. The maximum absolute atomic E-state index is 13.6. The van der Waals surface area contributed by atoms with Crippen LogP contribution in [-0.4, -0.2) is 28.6 Å². The molecule has 18 heavy (non-hydrogen) atoms. The highest BCUT2D eigenvalue weighted by molar-refractivity contribution is 7.99. The minimum absolute atomic E-state index is 0.0281. The smallest absolute Gasteiger partial charge is 0.338 e. The van der Waals surface area contributed by atoms with Crippen molar-refractivity contribution in [3.05, 3.63) is 29.3 Å². The molecule has 0 amide bonds. The third kappa shape index (κ3) is 3.35. The molecule has 0 unspecified atom stereocenters. The summed E-state index contributed by atoms with van der Waals surface area (Å²) in [5.41, 5.74) is -0.693. The lowest BCUT2D eigenvalue weighted by Gasteiger charge is -2.23. The molecule has 0 heterocycles. The summed E-state index contributed by atoms with van der Waals surface area (Å²) in [6, 6.07) is 2.29. The van der Waals surface area contributed by atoms with Crippen molar-refractivity contribution in [2.45, 2.75) is 18.6 Å². The molecule has 0 saturated heterocycles. The fourth-order valence-corrected chi connectivity index (χ4v) is 1.45.